The first-order valence-corrected chi connectivity index (χ1v) is 7.08. The zero-order valence-electron chi connectivity index (χ0n) is 12.3. The maximum absolute atomic E-state index is 5.25. The standard InChI is InChI=1S/C16H19N3O2/c1-20-13-7-3-11(4-8-13)10-17-14-9-15(21-2)19-16(18-14)12-5-6-12/h3-4,7-9,12H,5-6,10H2,1-2H3,(H,17,18,19). The van der Waals surface area contributed by atoms with Gasteiger partial charge >= 0.3 is 0 Å². The number of hydrogen-bond donors (Lipinski definition) is 1. The van der Waals surface area contributed by atoms with Crippen molar-refractivity contribution in [3.8, 4) is 11.6 Å². The van der Waals surface area contributed by atoms with Gasteiger partial charge in [-0.25, -0.2) is 4.98 Å². The first-order chi connectivity index (χ1) is 10.3. The van der Waals surface area contributed by atoms with E-state index in [9.17, 15) is 0 Å². The Kier molecular flexibility index (Phi) is 3.90. The second kappa shape index (κ2) is 5.99. The molecule has 0 atom stereocenters. The Morgan fingerprint density at radius 2 is 1.86 bits per heavy atom. The van der Waals surface area contributed by atoms with Crippen LogP contribution in [0.3, 0.4) is 0 Å². The van der Waals surface area contributed by atoms with Gasteiger partial charge in [0.2, 0.25) is 5.88 Å². The predicted octanol–water partition coefficient (Wildman–Crippen LogP) is 2.98. The van der Waals surface area contributed by atoms with E-state index in [1.165, 1.54) is 18.4 Å². The molecule has 1 saturated carbocycles. The lowest BCUT2D eigenvalue weighted by molar-refractivity contribution is 0.395. The monoisotopic (exact) mass is 285 g/mol. The smallest absolute Gasteiger partial charge is 0.218 e. The number of hydrogen-bond acceptors (Lipinski definition) is 5. The van der Waals surface area contributed by atoms with E-state index in [1.807, 2.05) is 30.3 Å². The fraction of sp³-hybridized carbons (Fsp3) is 0.375. The van der Waals surface area contributed by atoms with Gasteiger partial charge in [-0.3, -0.25) is 0 Å². The zero-order valence-corrected chi connectivity index (χ0v) is 12.3. The largest absolute Gasteiger partial charge is 0.497 e. The van der Waals surface area contributed by atoms with Crippen molar-refractivity contribution >= 4 is 5.82 Å². The molecule has 1 aromatic carbocycles. The lowest BCUT2D eigenvalue weighted by atomic mass is 10.2. The first-order valence-electron chi connectivity index (χ1n) is 7.08. The van der Waals surface area contributed by atoms with Gasteiger partial charge in [0, 0.05) is 18.5 Å². The normalized spacial score (nSPS) is 13.8. The van der Waals surface area contributed by atoms with E-state index in [2.05, 4.69) is 15.3 Å². The van der Waals surface area contributed by atoms with Crippen LogP contribution in [0, 0.1) is 0 Å². The van der Waals surface area contributed by atoms with Gasteiger partial charge in [0.15, 0.2) is 0 Å². The molecule has 5 heteroatoms. The highest BCUT2D eigenvalue weighted by molar-refractivity contribution is 5.40. The maximum atomic E-state index is 5.25. The summed E-state index contributed by atoms with van der Waals surface area (Å²) in [5, 5.41) is 3.32. The van der Waals surface area contributed by atoms with E-state index in [-0.39, 0.29) is 0 Å². The molecule has 5 nitrogen and oxygen atoms in total. The van der Waals surface area contributed by atoms with Crippen LogP contribution in [0.15, 0.2) is 30.3 Å². The summed E-state index contributed by atoms with van der Waals surface area (Å²) in [5.41, 5.74) is 1.17. The van der Waals surface area contributed by atoms with E-state index in [0.29, 0.717) is 18.3 Å². The zero-order chi connectivity index (χ0) is 14.7. The summed E-state index contributed by atoms with van der Waals surface area (Å²) < 4.78 is 10.4. The van der Waals surface area contributed by atoms with Crippen LogP contribution in [0.4, 0.5) is 5.82 Å². The van der Waals surface area contributed by atoms with Gasteiger partial charge in [0.05, 0.1) is 14.2 Å². The van der Waals surface area contributed by atoms with Gasteiger partial charge in [-0.05, 0) is 30.5 Å². The van der Waals surface area contributed by atoms with Crippen LogP contribution in [0.25, 0.3) is 0 Å². The topological polar surface area (TPSA) is 56.3 Å². The first kappa shape index (κ1) is 13.7. The molecule has 0 amide bonds. The van der Waals surface area contributed by atoms with Crippen LogP contribution in [0.5, 0.6) is 11.6 Å². The summed E-state index contributed by atoms with van der Waals surface area (Å²) in [5.74, 6) is 3.66. The van der Waals surface area contributed by atoms with Crippen molar-refractivity contribution in [3.63, 3.8) is 0 Å². The molecule has 0 saturated heterocycles. The molecule has 1 aliphatic rings. The lowest BCUT2D eigenvalue weighted by Crippen LogP contribution is -2.05. The quantitative estimate of drug-likeness (QED) is 0.884. The molecule has 21 heavy (non-hydrogen) atoms. The molecular formula is C16H19N3O2. The minimum atomic E-state index is 0.502. The molecule has 1 N–H and O–H groups in total. The van der Waals surface area contributed by atoms with E-state index < -0.39 is 0 Å². The fourth-order valence-corrected chi connectivity index (χ4v) is 2.10. The van der Waals surface area contributed by atoms with Gasteiger partial charge < -0.3 is 14.8 Å². The third kappa shape index (κ3) is 3.42. The summed E-state index contributed by atoms with van der Waals surface area (Å²) in [7, 11) is 3.30. The van der Waals surface area contributed by atoms with E-state index in [0.717, 1.165) is 17.4 Å². The highest BCUT2D eigenvalue weighted by atomic mass is 16.5. The average Bonchev–Trinajstić information content (AvgIpc) is 3.38. The van der Waals surface area contributed by atoms with Gasteiger partial charge in [0.1, 0.15) is 17.4 Å². The van der Waals surface area contributed by atoms with Gasteiger partial charge in [0.25, 0.3) is 0 Å². The van der Waals surface area contributed by atoms with Crippen molar-refractivity contribution in [3.05, 3.63) is 41.7 Å². The molecule has 1 aliphatic carbocycles. The second-order valence-corrected chi connectivity index (χ2v) is 5.13. The summed E-state index contributed by atoms with van der Waals surface area (Å²) in [6.07, 6.45) is 2.34. The van der Waals surface area contributed by atoms with Crippen LogP contribution >= 0.6 is 0 Å². The Morgan fingerprint density at radius 3 is 2.48 bits per heavy atom. The van der Waals surface area contributed by atoms with Crippen molar-refractivity contribution in [1.82, 2.24) is 9.97 Å². The SMILES string of the molecule is COc1ccc(CNc2cc(OC)nc(C3CC3)n2)cc1. The minimum Gasteiger partial charge on any atom is -0.497 e. The molecule has 110 valence electrons. The molecule has 3 rings (SSSR count). The van der Waals surface area contributed by atoms with Crippen LogP contribution in [-0.4, -0.2) is 24.2 Å². The Morgan fingerprint density at radius 1 is 1.10 bits per heavy atom. The number of nitrogens with one attached hydrogen (secondary N) is 1. The number of benzene rings is 1. The predicted molar refractivity (Wildman–Crippen MR) is 80.9 cm³/mol. The maximum Gasteiger partial charge on any atom is 0.218 e. The van der Waals surface area contributed by atoms with Crippen molar-refractivity contribution < 1.29 is 9.47 Å². The lowest BCUT2D eigenvalue weighted by Gasteiger charge is -2.09. The molecule has 2 aromatic rings. The Hall–Kier alpha value is -2.30. The van der Waals surface area contributed by atoms with Gasteiger partial charge in [-0.2, -0.15) is 4.98 Å². The fourth-order valence-electron chi connectivity index (χ4n) is 2.10. The number of ether oxygens (including phenoxy) is 2. The van der Waals surface area contributed by atoms with Crippen molar-refractivity contribution in [2.24, 2.45) is 0 Å². The van der Waals surface area contributed by atoms with Crippen molar-refractivity contribution in [2.75, 3.05) is 19.5 Å². The van der Waals surface area contributed by atoms with Crippen LogP contribution in [0.1, 0.15) is 30.1 Å². The summed E-state index contributed by atoms with van der Waals surface area (Å²) in [4.78, 5) is 8.97. The molecule has 0 spiro atoms. The number of nitrogens with zero attached hydrogens (tertiary/aromatic N) is 2. The number of methoxy groups -OCH3 is 2. The molecule has 0 radical (unpaired) electrons. The summed E-state index contributed by atoms with van der Waals surface area (Å²) in [6.45, 7) is 0.703. The van der Waals surface area contributed by atoms with Crippen LogP contribution < -0.4 is 14.8 Å². The number of rotatable bonds is 6. The number of anilines is 1. The van der Waals surface area contributed by atoms with Gasteiger partial charge in [-0.15, -0.1) is 0 Å². The third-order valence-corrected chi connectivity index (χ3v) is 3.50. The Balaban J connectivity index is 1.69. The summed E-state index contributed by atoms with van der Waals surface area (Å²) in [6, 6.07) is 9.80. The Labute approximate surface area is 124 Å². The van der Waals surface area contributed by atoms with Crippen molar-refractivity contribution in [1.29, 1.82) is 0 Å². The second-order valence-electron chi connectivity index (χ2n) is 5.13. The summed E-state index contributed by atoms with van der Waals surface area (Å²) >= 11 is 0. The molecule has 0 aliphatic heterocycles. The van der Waals surface area contributed by atoms with Crippen LogP contribution in [-0.2, 0) is 6.54 Å². The van der Waals surface area contributed by atoms with Gasteiger partial charge in [-0.1, -0.05) is 12.1 Å². The number of aromatic nitrogens is 2. The Bertz CT molecular complexity index is 609. The average molecular weight is 285 g/mol. The van der Waals surface area contributed by atoms with E-state index >= 15 is 0 Å². The molecule has 1 aromatic heterocycles. The molecule has 0 unspecified atom stereocenters. The minimum absolute atomic E-state index is 0.502. The van der Waals surface area contributed by atoms with Crippen LogP contribution in [0.2, 0.25) is 0 Å². The molecular weight excluding hydrogens is 266 g/mol. The molecule has 1 heterocycles. The highest BCUT2D eigenvalue weighted by Crippen LogP contribution is 2.39. The highest BCUT2D eigenvalue weighted by Gasteiger charge is 2.27. The third-order valence-electron chi connectivity index (χ3n) is 3.50. The van der Waals surface area contributed by atoms with E-state index in [1.54, 1.807) is 14.2 Å². The van der Waals surface area contributed by atoms with E-state index in [4.69, 9.17) is 9.47 Å². The molecule has 1 fully saturated rings. The van der Waals surface area contributed by atoms with Crippen molar-refractivity contribution in [2.45, 2.75) is 25.3 Å². The molecule has 0 bridgehead atoms.